The van der Waals surface area contributed by atoms with E-state index in [1.165, 1.54) is 11.1 Å². The molecular weight excluding hydrogens is 300 g/mol. The van der Waals surface area contributed by atoms with Crippen molar-refractivity contribution in [2.45, 2.75) is 32.7 Å². The van der Waals surface area contributed by atoms with Crippen LogP contribution in [0.1, 0.15) is 30.0 Å². The van der Waals surface area contributed by atoms with Crippen LogP contribution in [0.5, 0.6) is 0 Å². The second-order valence-corrected chi connectivity index (χ2v) is 5.91. The average Bonchev–Trinajstić information content (AvgIpc) is 2.59. The molecule has 0 saturated heterocycles. The summed E-state index contributed by atoms with van der Waals surface area (Å²) < 4.78 is 0. The molecule has 1 atom stereocenters. The lowest BCUT2D eigenvalue weighted by Gasteiger charge is -2.13. The van der Waals surface area contributed by atoms with E-state index in [-0.39, 0.29) is 18.6 Å². The van der Waals surface area contributed by atoms with Crippen molar-refractivity contribution in [3.05, 3.63) is 71.3 Å². The van der Waals surface area contributed by atoms with Crippen LogP contribution in [0.15, 0.2) is 59.8 Å². The lowest BCUT2D eigenvalue weighted by molar-refractivity contribution is -0.126. The van der Waals surface area contributed by atoms with E-state index in [0.717, 1.165) is 18.4 Å². The molecule has 0 bridgehead atoms. The van der Waals surface area contributed by atoms with Crippen molar-refractivity contribution in [3.63, 3.8) is 0 Å². The number of benzene rings is 2. The third-order valence-corrected chi connectivity index (χ3v) is 3.67. The molecule has 4 heteroatoms. The van der Waals surface area contributed by atoms with Crippen LogP contribution in [-0.4, -0.2) is 24.8 Å². The molecule has 0 spiro atoms. The summed E-state index contributed by atoms with van der Waals surface area (Å²) in [6.45, 7) is 3.95. The van der Waals surface area contributed by atoms with Gasteiger partial charge in [0.1, 0.15) is 0 Å². The molecule has 2 aromatic carbocycles. The van der Waals surface area contributed by atoms with E-state index in [0.29, 0.717) is 0 Å². The fourth-order valence-electron chi connectivity index (χ4n) is 2.26. The summed E-state index contributed by atoms with van der Waals surface area (Å²) in [5.41, 5.74) is 3.41. The second-order valence-electron chi connectivity index (χ2n) is 5.91. The summed E-state index contributed by atoms with van der Waals surface area (Å²) in [4.78, 5) is 16.9. The van der Waals surface area contributed by atoms with Crippen molar-refractivity contribution in [2.24, 2.45) is 5.16 Å². The summed E-state index contributed by atoms with van der Waals surface area (Å²) in [5.74, 6) is -0.156. The van der Waals surface area contributed by atoms with Crippen LogP contribution in [0.25, 0.3) is 0 Å². The van der Waals surface area contributed by atoms with E-state index in [1.54, 1.807) is 6.21 Å². The summed E-state index contributed by atoms with van der Waals surface area (Å²) >= 11 is 0. The fourth-order valence-corrected chi connectivity index (χ4v) is 2.26. The van der Waals surface area contributed by atoms with Gasteiger partial charge in [0.2, 0.25) is 0 Å². The molecular formula is C20H24N2O2. The maximum absolute atomic E-state index is 11.8. The van der Waals surface area contributed by atoms with Gasteiger partial charge in [-0.1, -0.05) is 65.3 Å². The highest BCUT2D eigenvalue weighted by molar-refractivity contribution is 5.79. The van der Waals surface area contributed by atoms with E-state index in [1.807, 2.05) is 56.3 Å². The van der Waals surface area contributed by atoms with Crippen LogP contribution in [0, 0.1) is 6.92 Å². The number of carbonyl (C=O) groups excluding carboxylic acids is 1. The van der Waals surface area contributed by atoms with Crippen molar-refractivity contribution in [1.82, 2.24) is 5.32 Å². The highest BCUT2D eigenvalue weighted by Gasteiger charge is 2.07. The van der Waals surface area contributed by atoms with E-state index < -0.39 is 0 Å². The summed E-state index contributed by atoms with van der Waals surface area (Å²) in [5, 5.41) is 6.74. The van der Waals surface area contributed by atoms with Crippen molar-refractivity contribution < 1.29 is 9.63 Å². The van der Waals surface area contributed by atoms with Gasteiger partial charge in [0, 0.05) is 6.04 Å². The van der Waals surface area contributed by atoms with E-state index in [4.69, 9.17) is 4.84 Å². The Balaban J connectivity index is 1.64. The Morgan fingerprint density at radius 2 is 1.88 bits per heavy atom. The maximum atomic E-state index is 11.8. The Hall–Kier alpha value is -2.62. The molecule has 0 saturated carbocycles. The normalized spacial score (nSPS) is 12.1. The molecule has 0 radical (unpaired) electrons. The fraction of sp³-hybridized carbons (Fsp3) is 0.300. The molecule has 2 rings (SSSR count). The van der Waals surface area contributed by atoms with Gasteiger partial charge in [-0.2, -0.15) is 0 Å². The number of hydrogen-bond donors (Lipinski definition) is 1. The lowest BCUT2D eigenvalue weighted by Crippen LogP contribution is -2.35. The number of carbonyl (C=O) groups is 1. The van der Waals surface area contributed by atoms with Gasteiger partial charge < -0.3 is 10.2 Å². The van der Waals surface area contributed by atoms with Gasteiger partial charge >= 0.3 is 0 Å². The van der Waals surface area contributed by atoms with Crippen molar-refractivity contribution in [2.75, 3.05) is 6.61 Å². The predicted octanol–water partition coefficient (Wildman–Crippen LogP) is 3.48. The highest BCUT2D eigenvalue weighted by Crippen LogP contribution is 2.04. The van der Waals surface area contributed by atoms with E-state index >= 15 is 0 Å². The Labute approximate surface area is 143 Å². The molecule has 0 fully saturated rings. The number of rotatable bonds is 8. The quantitative estimate of drug-likeness (QED) is 0.597. The lowest BCUT2D eigenvalue weighted by atomic mass is 10.1. The first-order chi connectivity index (χ1) is 11.6. The predicted molar refractivity (Wildman–Crippen MR) is 97.1 cm³/mol. The minimum atomic E-state index is -0.156. The molecule has 24 heavy (non-hydrogen) atoms. The van der Waals surface area contributed by atoms with Gasteiger partial charge in [0.25, 0.3) is 5.91 Å². The third-order valence-electron chi connectivity index (χ3n) is 3.67. The Morgan fingerprint density at radius 1 is 1.17 bits per heavy atom. The second kappa shape index (κ2) is 9.50. The summed E-state index contributed by atoms with van der Waals surface area (Å²) in [6, 6.07) is 18.3. The smallest absolute Gasteiger partial charge is 0.260 e. The van der Waals surface area contributed by atoms with Crippen LogP contribution in [-0.2, 0) is 16.1 Å². The van der Waals surface area contributed by atoms with Gasteiger partial charge in [-0.3, -0.25) is 4.79 Å². The summed E-state index contributed by atoms with van der Waals surface area (Å²) in [7, 11) is 0. The standard InChI is InChI=1S/C20H24N2O2/c1-16-8-11-19(12-9-16)14-21-24-15-20(23)22-17(2)10-13-18-6-4-3-5-7-18/h3-9,11-12,14,17H,10,13,15H2,1-2H3,(H,22,23)/b21-14-/t17-/m0/s1. The van der Waals surface area contributed by atoms with Crippen LogP contribution < -0.4 is 5.32 Å². The Morgan fingerprint density at radius 3 is 2.58 bits per heavy atom. The molecule has 0 heterocycles. The third kappa shape index (κ3) is 6.65. The first-order valence-corrected chi connectivity index (χ1v) is 8.19. The summed E-state index contributed by atoms with van der Waals surface area (Å²) in [6.07, 6.45) is 3.43. The zero-order valence-corrected chi connectivity index (χ0v) is 14.2. The monoisotopic (exact) mass is 324 g/mol. The van der Waals surface area contributed by atoms with Crippen molar-refractivity contribution in [1.29, 1.82) is 0 Å². The van der Waals surface area contributed by atoms with Crippen molar-refractivity contribution in [3.8, 4) is 0 Å². The van der Waals surface area contributed by atoms with Gasteiger partial charge in [0.15, 0.2) is 6.61 Å². The zero-order valence-electron chi connectivity index (χ0n) is 14.2. The van der Waals surface area contributed by atoms with Crippen LogP contribution in [0.4, 0.5) is 0 Å². The number of amides is 1. The molecule has 1 N–H and O–H groups in total. The first-order valence-electron chi connectivity index (χ1n) is 8.19. The number of nitrogens with zero attached hydrogens (tertiary/aromatic N) is 1. The maximum Gasteiger partial charge on any atom is 0.260 e. The number of oxime groups is 1. The minimum Gasteiger partial charge on any atom is -0.386 e. The van der Waals surface area contributed by atoms with Crippen molar-refractivity contribution >= 4 is 12.1 Å². The van der Waals surface area contributed by atoms with E-state index in [9.17, 15) is 4.79 Å². The zero-order chi connectivity index (χ0) is 17.2. The highest BCUT2D eigenvalue weighted by atomic mass is 16.6. The molecule has 0 aliphatic rings. The van der Waals surface area contributed by atoms with Crippen LogP contribution >= 0.6 is 0 Å². The molecule has 1 amide bonds. The molecule has 126 valence electrons. The Kier molecular flexibility index (Phi) is 7.02. The van der Waals surface area contributed by atoms with Gasteiger partial charge in [-0.15, -0.1) is 0 Å². The molecule has 0 aromatic heterocycles. The SMILES string of the molecule is Cc1ccc(/C=N\OCC(=O)N[C@@H](C)CCc2ccccc2)cc1. The van der Waals surface area contributed by atoms with Crippen LogP contribution in [0.3, 0.4) is 0 Å². The largest absolute Gasteiger partial charge is 0.386 e. The molecule has 4 nitrogen and oxygen atoms in total. The molecule has 0 aliphatic carbocycles. The molecule has 0 aliphatic heterocycles. The minimum absolute atomic E-state index is 0.0714. The van der Waals surface area contributed by atoms with Gasteiger partial charge in [-0.25, -0.2) is 0 Å². The average molecular weight is 324 g/mol. The number of aryl methyl sites for hydroxylation is 2. The van der Waals surface area contributed by atoms with Crippen LogP contribution in [0.2, 0.25) is 0 Å². The molecule has 2 aromatic rings. The number of hydrogen-bond acceptors (Lipinski definition) is 3. The topological polar surface area (TPSA) is 50.7 Å². The molecule has 0 unspecified atom stereocenters. The van der Waals surface area contributed by atoms with Gasteiger partial charge in [0.05, 0.1) is 6.21 Å². The Bertz CT molecular complexity index is 651. The first kappa shape index (κ1) is 17.7. The van der Waals surface area contributed by atoms with Gasteiger partial charge in [-0.05, 0) is 37.8 Å². The number of nitrogens with one attached hydrogen (secondary N) is 1. The van der Waals surface area contributed by atoms with E-state index in [2.05, 4.69) is 22.6 Å².